The summed E-state index contributed by atoms with van der Waals surface area (Å²) in [5.74, 6) is -1.37. The molecule has 0 aliphatic carbocycles. The average Bonchev–Trinajstić information content (AvgIpc) is 2.52. The topological polar surface area (TPSA) is 34.9 Å². The molecule has 1 rings (SSSR count). The van der Waals surface area contributed by atoms with Crippen molar-refractivity contribution in [3.8, 4) is 0 Å². The minimum Gasteiger partial charge on any atom is -0.328 e. The molecular weight excluding hydrogens is 178 g/mol. The van der Waals surface area contributed by atoms with Gasteiger partial charge in [-0.2, -0.15) is 0 Å². The number of rotatable bonds is 4. The monoisotopic (exact) mass is 188 g/mol. The van der Waals surface area contributed by atoms with Gasteiger partial charge in [-0.25, -0.2) is 13.8 Å². The summed E-state index contributed by atoms with van der Waals surface area (Å²) in [5.41, 5.74) is 0. The normalized spacial score (nSPS) is 10.8. The lowest BCUT2D eigenvalue weighted by molar-refractivity contribution is 0.0662. The fourth-order valence-corrected chi connectivity index (χ4v) is 1.05. The molecule has 1 aromatic heterocycles. The summed E-state index contributed by atoms with van der Waals surface area (Å²) in [6.07, 6.45) is 0.683. The highest BCUT2D eigenvalue weighted by molar-refractivity contribution is 5.95. The highest BCUT2D eigenvalue weighted by Gasteiger charge is 2.22. The van der Waals surface area contributed by atoms with Crippen LogP contribution in [0.3, 0.4) is 0 Å². The van der Waals surface area contributed by atoms with E-state index in [1.807, 2.05) is 6.92 Å². The first-order valence-corrected chi connectivity index (χ1v) is 4.00. The molecule has 0 fully saturated rings. The molecular formula is C8H10F2N2O. The molecule has 13 heavy (non-hydrogen) atoms. The zero-order chi connectivity index (χ0) is 9.84. The number of ketones is 1. The van der Waals surface area contributed by atoms with Gasteiger partial charge in [-0.1, -0.05) is 6.92 Å². The Morgan fingerprint density at radius 1 is 1.69 bits per heavy atom. The summed E-state index contributed by atoms with van der Waals surface area (Å²) in [7, 11) is 0. The minimum absolute atomic E-state index is 0.156. The van der Waals surface area contributed by atoms with E-state index in [1.165, 1.54) is 17.0 Å². The van der Waals surface area contributed by atoms with Gasteiger partial charge in [0, 0.05) is 18.9 Å². The van der Waals surface area contributed by atoms with E-state index in [2.05, 4.69) is 4.98 Å². The predicted molar refractivity (Wildman–Crippen MR) is 42.9 cm³/mol. The molecule has 0 unspecified atom stereocenters. The van der Waals surface area contributed by atoms with Crippen LogP contribution in [-0.2, 0) is 6.54 Å². The molecule has 0 aliphatic heterocycles. The lowest BCUT2D eigenvalue weighted by atomic mass is 10.3. The van der Waals surface area contributed by atoms with Gasteiger partial charge in [-0.05, 0) is 6.42 Å². The molecule has 0 saturated carbocycles. The van der Waals surface area contributed by atoms with Gasteiger partial charge in [-0.3, -0.25) is 4.79 Å². The standard InChI is InChI=1S/C8H10F2N2O/c1-2-4-12-5-3-11-8(12)6(13)7(9)10/h3,5,7H,2,4H2,1H3. The summed E-state index contributed by atoms with van der Waals surface area (Å²) in [6.45, 7) is 2.43. The number of aromatic nitrogens is 2. The molecule has 0 N–H and O–H groups in total. The number of Topliss-reactive ketones (excluding diaryl/α,β-unsaturated/α-hetero) is 1. The number of hydrogen-bond donors (Lipinski definition) is 0. The molecule has 72 valence electrons. The van der Waals surface area contributed by atoms with E-state index >= 15 is 0 Å². The van der Waals surface area contributed by atoms with Crippen molar-refractivity contribution >= 4 is 5.78 Å². The van der Waals surface area contributed by atoms with Crippen molar-refractivity contribution in [1.82, 2.24) is 9.55 Å². The van der Waals surface area contributed by atoms with Crippen molar-refractivity contribution in [3.05, 3.63) is 18.2 Å². The van der Waals surface area contributed by atoms with Crippen molar-refractivity contribution in [1.29, 1.82) is 0 Å². The van der Waals surface area contributed by atoms with Crippen molar-refractivity contribution in [2.45, 2.75) is 26.3 Å². The number of alkyl halides is 2. The Kier molecular flexibility index (Phi) is 3.11. The van der Waals surface area contributed by atoms with E-state index in [1.54, 1.807) is 0 Å². The highest BCUT2D eigenvalue weighted by atomic mass is 19.3. The first-order valence-electron chi connectivity index (χ1n) is 4.00. The van der Waals surface area contributed by atoms with E-state index in [-0.39, 0.29) is 5.82 Å². The van der Waals surface area contributed by atoms with Crippen molar-refractivity contribution in [2.75, 3.05) is 0 Å². The molecule has 0 aromatic carbocycles. The average molecular weight is 188 g/mol. The Morgan fingerprint density at radius 2 is 2.38 bits per heavy atom. The number of imidazole rings is 1. The summed E-state index contributed by atoms with van der Waals surface area (Å²) in [6, 6.07) is 0. The van der Waals surface area contributed by atoms with Gasteiger partial charge in [0.1, 0.15) is 0 Å². The molecule has 0 amide bonds. The maximum absolute atomic E-state index is 12.0. The van der Waals surface area contributed by atoms with Crippen LogP contribution in [0, 0.1) is 0 Å². The molecule has 0 bridgehead atoms. The molecule has 3 nitrogen and oxygen atoms in total. The number of aryl methyl sites for hydroxylation is 1. The fourth-order valence-electron chi connectivity index (χ4n) is 1.05. The van der Waals surface area contributed by atoms with Gasteiger partial charge in [0.2, 0.25) is 0 Å². The Hall–Kier alpha value is -1.26. The maximum Gasteiger partial charge on any atom is 0.303 e. The first kappa shape index (κ1) is 9.83. The summed E-state index contributed by atoms with van der Waals surface area (Å²) < 4.78 is 25.5. The second-order valence-electron chi connectivity index (χ2n) is 2.61. The maximum atomic E-state index is 12.0. The van der Waals surface area contributed by atoms with Gasteiger partial charge in [-0.15, -0.1) is 0 Å². The predicted octanol–water partition coefficient (Wildman–Crippen LogP) is 1.74. The van der Waals surface area contributed by atoms with Gasteiger partial charge in [0.25, 0.3) is 5.78 Å². The fraction of sp³-hybridized carbons (Fsp3) is 0.500. The largest absolute Gasteiger partial charge is 0.328 e. The van der Waals surface area contributed by atoms with Gasteiger partial charge in [0.15, 0.2) is 5.82 Å². The van der Waals surface area contributed by atoms with Crippen molar-refractivity contribution in [3.63, 3.8) is 0 Å². The Morgan fingerprint density at radius 3 is 2.92 bits per heavy atom. The van der Waals surface area contributed by atoms with E-state index in [0.29, 0.717) is 6.54 Å². The number of carbonyl (C=O) groups is 1. The molecule has 0 radical (unpaired) electrons. The van der Waals surface area contributed by atoms with Crippen LogP contribution < -0.4 is 0 Å². The molecule has 1 aromatic rings. The summed E-state index contributed by atoms with van der Waals surface area (Å²) in [4.78, 5) is 14.5. The first-order chi connectivity index (χ1) is 6.16. The van der Waals surface area contributed by atoms with Gasteiger partial charge in [0.05, 0.1) is 0 Å². The van der Waals surface area contributed by atoms with Crippen LogP contribution in [0.15, 0.2) is 12.4 Å². The number of nitrogens with zero attached hydrogens (tertiary/aromatic N) is 2. The third kappa shape index (κ3) is 2.11. The minimum atomic E-state index is -2.97. The zero-order valence-corrected chi connectivity index (χ0v) is 7.20. The van der Waals surface area contributed by atoms with Crippen molar-refractivity contribution in [2.24, 2.45) is 0 Å². The lowest BCUT2D eigenvalue weighted by Gasteiger charge is -2.03. The van der Waals surface area contributed by atoms with E-state index in [4.69, 9.17) is 0 Å². The van der Waals surface area contributed by atoms with E-state index in [0.717, 1.165) is 6.42 Å². The van der Waals surface area contributed by atoms with E-state index in [9.17, 15) is 13.6 Å². The quantitative estimate of drug-likeness (QED) is 0.674. The third-order valence-electron chi connectivity index (χ3n) is 1.60. The van der Waals surface area contributed by atoms with E-state index < -0.39 is 12.2 Å². The molecule has 5 heteroatoms. The third-order valence-corrected chi connectivity index (χ3v) is 1.60. The SMILES string of the molecule is CCCn1ccnc1C(=O)C(F)F. The number of hydrogen-bond acceptors (Lipinski definition) is 2. The lowest BCUT2D eigenvalue weighted by Crippen LogP contribution is -2.16. The Balaban J connectivity index is 2.87. The number of carbonyl (C=O) groups excluding carboxylic acids is 1. The van der Waals surface area contributed by atoms with Gasteiger partial charge < -0.3 is 4.57 Å². The molecule has 0 spiro atoms. The second kappa shape index (κ2) is 4.11. The van der Waals surface area contributed by atoms with Crippen LogP contribution >= 0.6 is 0 Å². The summed E-state index contributed by atoms with van der Waals surface area (Å²) in [5, 5.41) is 0. The summed E-state index contributed by atoms with van der Waals surface area (Å²) >= 11 is 0. The van der Waals surface area contributed by atoms with Crippen LogP contribution in [0.1, 0.15) is 24.0 Å². The van der Waals surface area contributed by atoms with Crippen LogP contribution in [0.4, 0.5) is 8.78 Å². The van der Waals surface area contributed by atoms with Crippen LogP contribution in [0.5, 0.6) is 0 Å². The molecule has 1 heterocycles. The molecule has 0 aliphatic rings. The van der Waals surface area contributed by atoms with Gasteiger partial charge >= 0.3 is 6.43 Å². The smallest absolute Gasteiger partial charge is 0.303 e. The Labute approximate surface area is 74.4 Å². The highest BCUT2D eigenvalue weighted by Crippen LogP contribution is 2.06. The molecule has 0 atom stereocenters. The second-order valence-corrected chi connectivity index (χ2v) is 2.61. The molecule has 0 saturated heterocycles. The van der Waals surface area contributed by atoms with Crippen molar-refractivity contribution < 1.29 is 13.6 Å². The Bertz CT molecular complexity index is 296. The zero-order valence-electron chi connectivity index (χ0n) is 7.20. The van der Waals surface area contributed by atoms with Crippen LogP contribution in [0.25, 0.3) is 0 Å². The van der Waals surface area contributed by atoms with Crippen LogP contribution in [-0.4, -0.2) is 21.8 Å². The number of halogens is 2. The van der Waals surface area contributed by atoms with Crippen LogP contribution in [0.2, 0.25) is 0 Å².